The monoisotopic (exact) mass is 467 g/mol. The highest BCUT2D eigenvalue weighted by molar-refractivity contribution is 7.22. The van der Waals surface area contributed by atoms with Crippen LogP contribution in [0.3, 0.4) is 0 Å². The van der Waals surface area contributed by atoms with Crippen molar-refractivity contribution in [2.45, 2.75) is 39.5 Å². The second-order valence-corrected chi connectivity index (χ2v) is 10.4. The van der Waals surface area contributed by atoms with Gasteiger partial charge >= 0.3 is 0 Å². The number of rotatable bonds is 6. The van der Waals surface area contributed by atoms with E-state index in [4.69, 9.17) is 14.5 Å². The first-order valence-electron chi connectivity index (χ1n) is 11.5. The molecule has 6 nitrogen and oxygen atoms in total. The van der Waals surface area contributed by atoms with Crippen LogP contribution in [0.1, 0.15) is 38.8 Å². The maximum Gasteiger partial charge on any atom is 0.260 e. The molecule has 0 spiro atoms. The molecule has 0 unspecified atom stereocenters. The van der Waals surface area contributed by atoms with E-state index in [1.54, 1.807) is 18.4 Å². The number of carbonyl (C=O) groups excluding carboxylic acids is 1. The summed E-state index contributed by atoms with van der Waals surface area (Å²) in [7, 11) is 1.66. The van der Waals surface area contributed by atoms with E-state index in [0.29, 0.717) is 13.1 Å². The zero-order chi connectivity index (χ0) is 23.6. The van der Waals surface area contributed by atoms with Crippen molar-refractivity contribution in [1.29, 1.82) is 0 Å². The van der Waals surface area contributed by atoms with Crippen LogP contribution in [0.15, 0.2) is 36.4 Å². The van der Waals surface area contributed by atoms with Crippen LogP contribution in [-0.2, 0) is 16.6 Å². The lowest BCUT2D eigenvalue weighted by atomic mass is 9.86. The SMILES string of the molecule is CCc1ccc2nc(N3CCN(C(=O)COc4ccc(OC)cc4C(C)(C)C)CC3)sc2c1. The van der Waals surface area contributed by atoms with Crippen LogP contribution < -0.4 is 14.4 Å². The molecule has 0 bridgehead atoms. The summed E-state index contributed by atoms with van der Waals surface area (Å²) in [6.07, 6.45) is 1.03. The third kappa shape index (κ3) is 5.24. The van der Waals surface area contributed by atoms with Crippen molar-refractivity contribution < 1.29 is 14.3 Å². The largest absolute Gasteiger partial charge is 0.497 e. The fourth-order valence-electron chi connectivity index (χ4n) is 4.04. The number of piperazine rings is 1. The highest BCUT2D eigenvalue weighted by Gasteiger charge is 2.25. The molecule has 1 fully saturated rings. The summed E-state index contributed by atoms with van der Waals surface area (Å²) in [4.78, 5) is 21.8. The Morgan fingerprint density at radius 1 is 1.09 bits per heavy atom. The molecule has 0 saturated carbocycles. The molecule has 2 heterocycles. The quantitative estimate of drug-likeness (QED) is 0.517. The van der Waals surface area contributed by atoms with Crippen molar-refractivity contribution in [2.24, 2.45) is 0 Å². The summed E-state index contributed by atoms with van der Waals surface area (Å²) >= 11 is 1.73. The number of fused-ring (bicyclic) bond motifs is 1. The van der Waals surface area contributed by atoms with Crippen LogP contribution in [-0.4, -0.2) is 55.7 Å². The van der Waals surface area contributed by atoms with Crippen molar-refractivity contribution >= 4 is 32.6 Å². The molecule has 4 rings (SSSR count). The van der Waals surface area contributed by atoms with Gasteiger partial charge in [-0.2, -0.15) is 0 Å². The number of anilines is 1. The number of methoxy groups -OCH3 is 1. The molecule has 0 N–H and O–H groups in total. The number of thiazole rings is 1. The number of aromatic nitrogens is 1. The smallest absolute Gasteiger partial charge is 0.260 e. The molecule has 0 radical (unpaired) electrons. The van der Waals surface area contributed by atoms with Gasteiger partial charge in [0.25, 0.3) is 5.91 Å². The Labute approximate surface area is 200 Å². The standard InChI is InChI=1S/C26H33N3O3S/c1-6-18-7-9-21-23(15-18)33-25(27-21)29-13-11-28(12-14-29)24(30)17-32-22-10-8-19(31-5)16-20(22)26(2,3)4/h7-10,15-16H,6,11-14,17H2,1-5H3. The summed E-state index contributed by atoms with van der Waals surface area (Å²) < 4.78 is 12.6. The molecule has 0 aliphatic carbocycles. The maximum absolute atomic E-state index is 12.9. The average Bonchev–Trinajstić information content (AvgIpc) is 3.25. The summed E-state index contributed by atoms with van der Waals surface area (Å²) in [5.41, 5.74) is 3.29. The predicted octanol–water partition coefficient (Wildman–Crippen LogP) is 4.89. The number of benzene rings is 2. The van der Waals surface area contributed by atoms with Gasteiger partial charge in [-0.05, 0) is 47.7 Å². The van der Waals surface area contributed by atoms with E-state index in [1.165, 1.54) is 10.3 Å². The Kier molecular flexibility index (Phi) is 6.79. The van der Waals surface area contributed by atoms with Crippen LogP contribution in [0.5, 0.6) is 11.5 Å². The van der Waals surface area contributed by atoms with Crippen molar-refractivity contribution in [2.75, 3.05) is 44.8 Å². The molecular weight excluding hydrogens is 434 g/mol. The topological polar surface area (TPSA) is 54.9 Å². The van der Waals surface area contributed by atoms with Gasteiger partial charge in [0, 0.05) is 31.7 Å². The molecule has 0 atom stereocenters. The fraction of sp³-hybridized carbons (Fsp3) is 0.462. The van der Waals surface area contributed by atoms with E-state index in [9.17, 15) is 4.79 Å². The summed E-state index contributed by atoms with van der Waals surface area (Å²) in [6, 6.07) is 12.2. The Morgan fingerprint density at radius 3 is 2.52 bits per heavy atom. The van der Waals surface area contributed by atoms with Gasteiger partial charge in [0.05, 0.1) is 17.3 Å². The second kappa shape index (κ2) is 9.59. The Morgan fingerprint density at radius 2 is 1.85 bits per heavy atom. The number of nitrogens with zero attached hydrogens (tertiary/aromatic N) is 3. The Bertz CT molecular complexity index is 1130. The highest BCUT2D eigenvalue weighted by atomic mass is 32.1. The van der Waals surface area contributed by atoms with E-state index in [2.05, 4.69) is 50.8 Å². The maximum atomic E-state index is 12.9. The molecule has 1 aliphatic rings. The van der Waals surface area contributed by atoms with Gasteiger partial charge in [0.15, 0.2) is 11.7 Å². The molecule has 1 saturated heterocycles. The second-order valence-electron chi connectivity index (χ2n) is 9.42. The summed E-state index contributed by atoms with van der Waals surface area (Å²) in [5.74, 6) is 1.54. The lowest BCUT2D eigenvalue weighted by Gasteiger charge is -2.34. The first-order valence-corrected chi connectivity index (χ1v) is 12.3. The fourth-order valence-corrected chi connectivity index (χ4v) is 5.12. The molecule has 3 aromatic rings. The zero-order valence-electron chi connectivity index (χ0n) is 20.2. The van der Waals surface area contributed by atoms with Crippen molar-refractivity contribution in [3.63, 3.8) is 0 Å². The lowest BCUT2D eigenvalue weighted by Crippen LogP contribution is -2.50. The molecular formula is C26H33N3O3S. The third-order valence-corrected chi connectivity index (χ3v) is 7.18. The van der Waals surface area contributed by atoms with E-state index in [0.717, 1.165) is 47.2 Å². The summed E-state index contributed by atoms with van der Waals surface area (Å²) in [5, 5.41) is 1.04. The molecule has 1 aliphatic heterocycles. The average molecular weight is 468 g/mol. The first-order chi connectivity index (χ1) is 15.8. The molecule has 33 heavy (non-hydrogen) atoms. The molecule has 1 aromatic heterocycles. The molecule has 7 heteroatoms. The Hall–Kier alpha value is -2.80. The van der Waals surface area contributed by atoms with Gasteiger partial charge in [-0.3, -0.25) is 4.79 Å². The number of hydrogen-bond donors (Lipinski definition) is 0. The zero-order valence-corrected chi connectivity index (χ0v) is 21.0. The van der Waals surface area contributed by atoms with Crippen LogP contribution in [0.2, 0.25) is 0 Å². The van der Waals surface area contributed by atoms with Gasteiger partial charge in [-0.25, -0.2) is 4.98 Å². The van der Waals surface area contributed by atoms with Crippen LogP contribution in [0.25, 0.3) is 10.2 Å². The van der Waals surface area contributed by atoms with Crippen molar-refractivity contribution in [3.05, 3.63) is 47.5 Å². The van der Waals surface area contributed by atoms with Crippen molar-refractivity contribution in [3.8, 4) is 11.5 Å². The highest BCUT2D eigenvalue weighted by Crippen LogP contribution is 2.34. The predicted molar refractivity (Wildman–Crippen MR) is 135 cm³/mol. The molecule has 2 aromatic carbocycles. The minimum atomic E-state index is -0.117. The van der Waals surface area contributed by atoms with Gasteiger partial charge in [0.1, 0.15) is 11.5 Å². The van der Waals surface area contributed by atoms with Crippen LogP contribution in [0.4, 0.5) is 5.13 Å². The van der Waals surface area contributed by atoms with Gasteiger partial charge in [0.2, 0.25) is 0 Å². The van der Waals surface area contributed by atoms with Crippen LogP contribution in [0, 0.1) is 0 Å². The minimum Gasteiger partial charge on any atom is -0.497 e. The van der Waals surface area contributed by atoms with Crippen molar-refractivity contribution in [1.82, 2.24) is 9.88 Å². The summed E-state index contributed by atoms with van der Waals surface area (Å²) in [6.45, 7) is 11.5. The number of amides is 1. The van der Waals surface area contributed by atoms with E-state index >= 15 is 0 Å². The van der Waals surface area contributed by atoms with Crippen LogP contribution >= 0.6 is 11.3 Å². The Balaban J connectivity index is 1.36. The van der Waals surface area contributed by atoms with Gasteiger partial charge < -0.3 is 19.3 Å². The number of ether oxygens (including phenoxy) is 2. The van der Waals surface area contributed by atoms with E-state index < -0.39 is 0 Å². The molecule has 176 valence electrons. The van der Waals surface area contributed by atoms with Gasteiger partial charge in [-0.1, -0.05) is 45.1 Å². The lowest BCUT2D eigenvalue weighted by molar-refractivity contribution is -0.133. The number of aryl methyl sites for hydroxylation is 1. The van der Waals surface area contributed by atoms with E-state index in [-0.39, 0.29) is 17.9 Å². The molecule has 1 amide bonds. The number of carbonyl (C=O) groups is 1. The number of hydrogen-bond acceptors (Lipinski definition) is 6. The third-order valence-electron chi connectivity index (χ3n) is 6.10. The van der Waals surface area contributed by atoms with Gasteiger partial charge in [-0.15, -0.1) is 0 Å². The minimum absolute atomic E-state index is 0.0159. The first kappa shape index (κ1) is 23.4. The van der Waals surface area contributed by atoms with E-state index in [1.807, 2.05) is 23.1 Å². The normalized spacial score (nSPS) is 14.6.